The van der Waals surface area contributed by atoms with E-state index in [0.717, 1.165) is 30.9 Å². The summed E-state index contributed by atoms with van der Waals surface area (Å²) < 4.78 is 5.42. The lowest BCUT2D eigenvalue weighted by Crippen LogP contribution is -2.52. The Morgan fingerprint density at radius 1 is 1.03 bits per heavy atom. The molecule has 0 saturated carbocycles. The van der Waals surface area contributed by atoms with E-state index in [9.17, 15) is 9.59 Å². The molecule has 0 atom stereocenters. The molecule has 0 aromatic heterocycles. The summed E-state index contributed by atoms with van der Waals surface area (Å²) in [6, 6.07) is 14.9. The second-order valence-electron chi connectivity index (χ2n) is 9.76. The largest absolute Gasteiger partial charge is 0.496 e. The van der Waals surface area contributed by atoms with Crippen LogP contribution in [-0.4, -0.2) is 79.4 Å². The van der Waals surface area contributed by atoms with Crippen LogP contribution in [0.15, 0.2) is 54.6 Å². The lowest BCUT2D eigenvalue weighted by Gasteiger charge is -2.38. The number of benzene rings is 2. The molecule has 2 aromatic carbocycles. The molecule has 0 bridgehead atoms. The van der Waals surface area contributed by atoms with Gasteiger partial charge in [-0.05, 0) is 18.2 Å². The van der Waals surface area contributed by atoms with E-state index in [-0.39, 0.29) is 17.2 Å². The van der Waals surface area contributed by atoms with Crippen molar-refractivity contribution in [2.24, 2.45) is 5.41 Å². The Morgan fingerprint density at radius 3 is 2.34 bits per heavy atom. The van der Waals surface area contributed by atoms with Gasteiger partial charge in [-0.25, -0.2) is 0 Å². The fourth-order valence-electron chi connectivity index (χ4n) is 4.10. The number of amides is 2. The summed E-state index contributed by atoms with van der Waals surface area (Å²) in [7, 11) is 1.65. The van der Waals surface area contributed by atoms with Gasteiger partial charge in [0.25, 0.3) is 5.91 Å². The molecular formula is C28H36ClN3O3. The molecule has 0 N–H and O–H groups in total. The van der Waals surface area contributed by atoms with Crippen LogP contribution in [0.1, 0.15) is 36.7 Å². The van der Waals surface area contributed by atoms with E-state index in [4.69, 9.17) is 16.3 Å². The van der Waals surface area contributed by atoms with E-state index < -0.39 is 0 Å². The van der Waals surface area contributed by atoms with Gasteiger partial charge in [-0.1, -0.05) is 74.9 Å². The highest BCUT2D eigenvalue weighted by molar-refractivity contribution is 6.33. The van der Waals surface area contributed by atoms with E-state index in [1.54, 1.807) is 19.2 Å². The van der Waals surface area contributed by atoms with Gasteiger partial charge in [0.05, 0.1) is 17.7 Å². The highest BCUT2D eigenvalue weighted by Gasteiger charge is 2.29. The second kappa shape index (κ2) is 12.2. The summed E-state index contributed by atoms with van der Waals surface area (Å²) in [6.07, 6.45) is 3.95. The first-order valence-electron chi connectivity index (χ1n) is 12.1. The highest BCUT2D eigenvalue weighted by atomic mass is 35.5. The minimum atomic E-state index is -0.367. The standard InChI is InChI=1S/C28H36ClN3O3/c1-28(2,3)27(34)32-20-17-30(18-21-32)16-19-31(26(33)23-12-6-7-13-24(23)29)15-9-11-22-10-5-8-14-25(22)35-4/h5-14H,15-21H2,1-4H3/b11-9+. The topological polar surface area (TPSA) is 53.1 Å². The number of methoxy groups -OCH3 is 1. The Kier molecular flexibility index (Phi) is 9.35. The normalized spacial score (nSPS) is 14.8. The summed E-state index contributed by atoms with van der Waals surface area (Å²) in [5.74, 6) is 0.881. The molecule has 188 valence electrons. The summed E-state index contributed by atoms with van der Waals surface area (Å²) in [5, 5.41) is 0.450. The van der Waals surface area contributed by atoms with Crippen molar-refractivity contribution in [3.63, 3.8) is 0 Å². The van der Waals surface area contributed by atoms with Crippen LogP contribution >= 0.6 is 11.6 Å². The molecule has 7 heteroatoms. The monoisotopic (exact) mass is 497 g/mol. The zero-order chi connectivity index (χ0) is 25.4. The molecule has 1 aliphatic heterocycles. The number of piperazine rings is 1. The third-order valence-electron chi connectivity index (χ3n) is 6.14. The first kappa shape index (κ1) is 26.8. The molecular weight excluding hydrogens is 462 g/mol. The van der Waals surface area contributed by atoms with Crippen molar-refractivity contribution >= 4 is 29.5 Å². The van der Waals surface area contributed by atoms with Gasteiger partial charge in [0.2, 0.25) is 5.91 Å². The lowest BCUT2D eigenvalue weighted by atomic mass is 9.94. The Morgan fingerprint density at radius 2 is 1.69 bits per heavy atom. The maximum Gasteiger partial charge on any atom is 0.255 e. The van der Waals surface area contributed by atoms with Gasteiger partial charge in [-0.2, -0.15) is 0 Å². The fourth-order valence-corrected chi connectivity index (χ4v) is 4.32. The number of rotatable bonds is 8. The van der Waals surface area contributed by atoms with Crippen LogP contribution in [0.2, 0.25) is 5.02 Å². The molecule has 1 fully saturated rings. The van der Waals surface area contributed by atoms with E-state index >= 15 is 0 Å². The molecule has 2 amide bonds. The van der Waals surface area contributed by atoms with Crippen molar-refractivity contribution in [1.29, 1.82) is 0 Å². The molecule has 3 rings (SSSR count). The molecule has 6 nitrogen and oxygen atoms in total. The van der Waals surface area contributed by atoms with Gasteiger partial charge < -0.3 is 14.5 Å². The summed E-state index contributed by atoms with van der Waals surface area (Å²) in [6.45, 7) is 10.6. The van der Waals surface area contributed by atoms with Crippen molar-refractivity contribution < 1.29 is 14.3 Å². The molecule has 2 aromatic rings. The smallest absolute Gasteiger partial charge is 0.255 e. The number of para-hydroxylation sites is 1. The van der Waals surface area contributed by atoms with E-state index in [2.05, 4.69) is 4.90 Å². The minimum Gasteiger partial charge on any atom is -0.496 e. The third kappa shape index (κ3) is 7.33. The van der Waals surface area contributed by atoms with Gasteiger partial charge in [0, 0.05) is 56.8 Å². The van der Waals surface area contributed by atoms with Gasteiger partial charge in [-0.3, -0.25) is 14.5 Å². The Balaban J connectivity index is 1.66. The lowest BCUT2D eigenvalue weighted by molar-refractivity contribution is -0.141. The van der Waals surface area contributed by atoms with Crippen LogP contribution < -0.4 is 4.74 Å². The molecule has 0 aliphatic carbocycles. The van der Waals surface area contributed by atoms with Crippen LogP contribution in [-0.2, 0) is 4.79 Å². The Hall–Kier alpha value is -2.83. The van der Waals surface area contributed by atoms with E-state index in [0.29, 0.717) is 36.8 Å². The molecule has 1 heterocycles. The van der Waals surface area contributed by atoms with Crippen molar-refractivity contribution in [2.75, 3.05) is 52.9 Å². The molecule has 0 radical (unpaired) electrons. The molecule has 1 saturated heterocycles. The summed E-state index contributed by atoms with van der Waals surface area (Å²) >= 11 is 6.33. The van der Waals surface area contributed by atoms with Crippen molar-refractivity contribution in [3.8, 4) is 5.75 Å². The Bertz CT molecular complexity index is 1040. The van der Waals surface area contributed by atoms with Crippen LogP contribution in [0.4, 0.5) is 0 Å². The average Bonchev–Trinajstić information content (AvgIpc) is 2.85. The second-order valence-corrected chi connectivity index (χ2v) is 10.2. The van der Waals surface area contributed by atoms with E-state index in [1.807, 2.05) is 79.1 Å². The summed E-state index contributed by atoms with van der Waals surface area (Å²) in [5.41, 5.74) is 1.09. The number of carbonyl (C=O) groups is 2. The average molecular weight is 498 g/mol. The fraction of sp³-hybridized carbons (Fsp3) is 0.429. The van der Waals surface area contributed by atoms with Crippen molar-refractivity contribution in [2.45, 2.75) is 20.8 Å². The number of hydrogen-bond donors (Lipinski definition) is 0. The van der Waals surface area contributed by atoms with Gasteiger partial charge in [-0.15, -0.1) is 0 Å². The quantitative estimate of drug-likeness (QED) is 0.530. The van der Waals surface area contributed by atoms with Gasteiger partial charge in [0.1, 0.15) is 5.75 Å². The first-order valence-corrected chi connectivity index (χ1v) is 12.4. The number of hydrogen-bond acceptors (Lipinski definition) is 4. The molecule has 0 spiro atoms. The van der Waals surface area contributed by atoms with E-state index in [1.165, 1.54) is 0 Å². The number of nitrogens with zero attached hydrogens (tertiary/aromatic N) is 3. The van der Waals surface area contributed by atoms with Crippen LogP contribution in [0.25, 0.3) is 6.08 Å². The van der Waals surface area contributed by atoms with Crippen molar-refractivity contribution in [3.05, 3.63) is 70.8 Å². The maximum absolute atomic E-state index is 13.4. The first-order chi connectivity index (χ1) is 16.7. The van der Waals surface area contributed by atoms with Crippen molar-refractivity contribution in [1.82, 2.24) is 14.7 Å². The molecule has 35 heavy (non-hydrogen) atoms. The zero-order valence-corrected chi connectivity index (χ0v) is 21.9. The predicted octanol–water partition coefficient (Wildman–Crippen LogP) is 4.69. The van der Waals surface area contributed by atoms with Gasteiger partial charge >= 0.3 is 0 Å². The molecule has 1 aliphatic rings. The SMILES string of the molecule is COc1ccccc1/C=C/CN(CCN1CCN(C(=O)C(C)(C)C)CC1)C(=O)c1ccccc1Cl. The highest BCUT2D eigenvalue weighted by Crippen LogP contribution is 2.21. The van der Waals surface area contributed by atoms with Crippen LogP contribution in [0.5, 0.6) is 5.75 Å². The number of halogens is 1. The Labute approximate surface area is 214 Å². The third-order valence-corrected chi connectivity index (χ3v) is 6.47. The number of carbonyl (C=O) groups excluding carboxylic acids is 2. The maximum atomic E-state index is 13.4. The van der Waals surface area contributed by atoms with Crippen LogP contribution in [0.3, 0.4) is 0 Å². The van der Waals surface area contributed by atoms with Crippen LogP contribution in [0, 0.1) is 5.41 Å². The minimum absolute atomic E-state index is 0.0955. The summed E-state index contributed by atoms with van der Waals surface area (Å²) in [4.78, 5) is 32.0. The zero-order valence-electron chi connectivity index (χ0n) is 21.2. The molecule has 0 unspecified atom stereocenters. The number of ether oxygens (including phenoxy) is 1. The predicted molar refractivity (Wildman–Crippen MR) is 142 cm³/mol. The van der Waals surface area contributed by atoms with Gasteiger partial charge in [0.15, 0.2) is 0 Å².